The van der Waals surface area contributed by atoms with E-state index in [0.29, 0.717) is 24.3 Å². The first-order valence-corrected chi connectivity index (χ1v) is 13.5. The second-order valence-electron chi connectivity index (χ2n) is 7.81. The predicted octanol–water partition coefficient (Wildman–Crippen LogP) is 5.67. The summed E-state index contributed by atoms with van der Waals surface area (Å²) in [5.74, 6) is 2.55. The fraction of sp³-hybridized carbons (Fsp3) is 0.704. The molecule has 2 saturated heterocycles. The van der Waals surface area contributed by atoms with Gasteiger partial charge in [0.15, 0.2) is 0 Å². The van der Waals surface area contributed by atoms with Gasteiger partial charge in [0.2, 0.25) is 11.8 Å². The first-order valence-electron chi connectivity index (χ1n) is 13.5. The standard InChI is InChI=1S/C21H30N6O.3C2H6/c1-2-16-13-23-21(24-14-16)27-11-7-17(8-12-27)15-28-20-4-3-19(25-26-20)18-5-9-22-10-6-18;3*1-2/h3-4,13-14,17-18,22H,2,5-12,15H2,1H3;3*1-2H3. The molecule has 34 heavy (non-hydrogen) atoms. The average Bonchev–Trinajstić information content (AvgIpc) is 2.96. The number of rotatable bonds is 6. The van der Waals surface area contributed by atoms with Crippen molar-refractivity contribution in [2.24, 2.45) is 5.92 Å². The molecule has 7 heteroatoms. The predicted molar refractivity (Wildman–Crippen MR) is 143 cm³/mol. The van der Waals surface area contributed by atoms with Crippen LogP contribution in [0.5, 0.6) is 5.88 Å². The number of nitrogens with zero attached hydrogens (tertiary/aromatic N) is 5. The SMILES string of the molecule is CC.CC.CC.CCc1cnc(N2CCC(COc3ccc(C4CCNCC4)nn3)CC2)nc1. The molecule has 0 aliphatic carbocycles. The third kappa shape index (κ3) is 9.53. The Morgan fingerprint density at radius 3 is 2.03 bits per heavy atom. The first-order chi connectivity index (χ1) is 16.8. The minimum Gasteiger partial charge on any atom is -0.476 e. The first kappa shape index (κ1) is 29.8. The normalized spacial score (nSPS) is 16.1. The second-order valence-corrected chi connectivity index (χ2v) is 7.81. The van der Waals surface area contributed by atoms with Crippen molar-refractivity contribution in [1.29, 1.82) is 0 Å². The zero-order valence-corrected chi connectivity index (χ0v) is 22.7. The van der Waals surface area contributed by atoms with E-state index in [-0.39, 0.29) is 0 Å². The van der Waals surface area contributed by atoms with Crippen molar-refractivity contribution in [2.45, 2.75) is 86.5 Å². The van der Waals surface area contributed by atoms with Crippen LogP contribution in [-0.4, -0.2) is 53.0 Å². The Morgan fingerprint density at radius 2 is 1.50 bits per heavy atom. The lowest BCUT2D eigenvalue weighted by molar-refractivity contribution is 0.213. The average molecular weight is 473 g/mol. The van der Waals surface area contributed by atoms with E-state index >= 15 is 0 Å². The molecule has 0 unspecified atom stereocenters. The summed E-state index contributed by atoms with van der Waals surface area (Å²) >= 11 is 0. The van der Waals surface area contributed by atoms with E-state index in [1.165, 1.54) is 5.56 Å². The van der Waals surface area contributed by atoms with Crippen molar-refractivity contribution >= 4 is 5.95 Å². The minimum absolute atomic E-state index is 0.528. The Balaban J connectivity index is 0.000000894. The molecule has 0 aromatic carbocycles. The molecule has 0 atom stereocenters. The monoisotopic (exact) mass is 472 g/mol. The molecule has 0 saturated carbocycles. The second kappa shape index (κ2) is 18.1. The van der Waals surface area contributed by atoms with Crippen molar-refractivity contribution < 1.29 is 4.74 Å². The van der Waals surface area contributed by atoms with Crippen molar-refractivity contribution in [1.82, 2.24) is 25.5 Å². The van der Waals surface area contributed by atoms with Crippen LogP contribution in [-0.2, 0) is 6.42 Å². The van der Waals surface area contributed by atoms with Crippen LogP contribution in [0.2, 0.25) is 0 Å². The van der Waals surface area contributed by atoms with Crippen LogP contribution in [0.4, 0.5) is 5.95 Å². The maximum absolute atomic E-state index is 5.92. The van der Waals surface area contributed by atoms with Gasteiger partial charge in [0.25, 0.3) is 0 Å². The largest absolute Gasteiger partial charge is 0.476 e. The van der Waals surface area contributed by atoms with Gasteiger partial charge >= 0.3 is 0 Å². The molecule has 2 aliphatic heterocycles. The molecule has 2 aromatic heterocycles. The van der Waals surface area contributed by atoms with Gasteiger partial charge in [-0.15, -0.1) is 5.10 Å². The smallest absolute Gasteiger partial charge is 0.233 e. The van der Waals surface area contributed by atoms with Gasteiger partial charge in [0, 0.05) is 37.5 Å². The van der Waals surface area contributed by atoms with Gasteiger partial charge in [-0.05, 0) is 62.7 Å². The highest BCUT2D eigenvalue weighted by Crippen LogP contribution is 2.24. The maximum Gasteiger partial charge on any atom is 0.233 e. The molecule has 4 rings (SSSR count). The van der Waals surface area contributed by atoms with Crippen molar-refractivity contribution in [3.05, 3.63) is 35.8 Å². The summed E-state index contributed by atoms with van der Waals surface area (Å²) in [6, 6.07) is 4.06. The van der Waals surface area contributed by atoms with E-state index in [0.717, 1.165) is 69.9 Å². The topological polar surface area (TPSA) is 76.1 Å². The molecule has 0 spiro atoms. The molecule has 192 valence electrons. The molecular weight excluding hydrogens is 424 g/mol. The molecule has 1 N–H and O–H groups in total. The molecule has 2 aliphatic rings. The zero-order chi connectivity index (χ0) is 25.2. The summed E-state index contributed by atoms with van der Waals surface area (Å²) < 4.78 is 5.92. The Hall–Kier alpha value is -2.28. The zero-order valence-electron chi connectivity index (χ0n) is 22.7. The van der Waals surface area contributed by atoms with Gasteiger partial charge in [-0.2, -0.15) is 5.10 Å². The van der Waals surface area contributed by atoms with Gasteiger partial charge in [-0.1, -0.05) is 48.5 Å². The Bertz CT molecular complexity index is 724. The van der Waals surface area contributed by atoms with Crippen LogP contribution in [0.15, 0.2) is 24.5 Å². The number of hydrogen-bond acceptors (Lipinski definition) is 7. The van der Waals surface area contributed by atoms with Crippen molar-refractivity contribution in [2.75, 3.05) is 37.7 Å². The Morgan fingerprint density at radius 1 is 0.882 bits per heavy atom. The third-order valence-electron chi connectivity index (χ3n) is 5.88. The molecule has 2 aromatic rings. The lowest BCUT2D eigenvalue weighted by Gasteiger charge is -2.31. The van der Waals surface area contributed by atoms with E-state index in [2.05, 4.69) is 43.4 Å². The highest BCUT2D eigenvalue weighted by atomic mass is 16.5. The summed E-state index contributed by atoms with van der Waals surface area (Å²) in [5, 5.41) is 12.1. The summed E-state index contributed by atoms with van der Waals surface area (Å²) in [6.07, 6.45) is 9.28. The maximum atomic E-state index is 5.92. The van der Waals surface area contributed by atoms with Crippen molar-refractivity contribution in [3.63, 3.8) is 0 Å². The summed E-state index contributed by atoms with van der Waals surface area (Å²) in [5.41, 5.74) is 2.27. The fourth-order valence-corrected chi connectivity index (χ4v) is 3.94. The minimum atomic E-state index is 0.528. The lowest BCUT2D eigenvalue weighted by atomic mass is 9.94. The molecular formula is C27H48N6O. The number of aryl methyl sites for hydroxylation is 1. The fourth-order valence-electron chi connectivity index (χ4n) is 3.94. The van der Waals surface area contributed by atoms with E-state index in [1.807, 2.05) is 60.0 Å². The number of hydrogen-bond donors (Lipinski definition) is 1. The van der Waals surface area contributed by atoms with Crippen LogP contribution >= 0.6 is 0 Å². The third-order valence-corrected chi connectivity index (χ3v) is 5.88. The highest BCUT2D eigenvalue weighted by molar-refractivity contribution is 5.30. The van der Waals surface area contributed by atoms with Crippen LogP contribution in [0.3, 0.4) is 0 Å². The highest BCUT2D eigenvalue weighted by Gasteiger charge is 2.22. The van der Waals surface area contributed by atoms with Crippen molar-refractivity contribution in [3.8, 4) is 5.88 Å². The van der Waals surface area contributed by atoms with Gasteiger partial charge in [0.1, 0.15) is 0 Å². The number of anilines is 1. The quantitative estimate of drug-likeness (QED) is 0.580. The molecule has 4 heterocycles. The molecule has 2 fully saturated rings. The number of piperidine rings is 2. The molecule has 0 bridgehead atoms. The van der Waals surface area contributed by atoms with E-state index in [4.69, 9.17) is 4.74 Å². The molecule has 7 nitrogen and oxygen atoms in total. The van der Waals surface area contributed by atoms with Crippen LogP contribution < -0.4 is 15.0 Å². The van der Waals surface area contributed by atoms with E-state index < -0.39 is 0 Å². The molecule has 0 amide bonds. The number of aromatic nitrogens is 4. The van der Waals surface area contributed by atoms with Gasteiger partial charge < -0.3 is 15.0 Å². The van der Waals surface area contributed by atoms with Crippen LogP contribution in [0.25, 0.3) is 0 Å². The number of ether oxygens (including phenoxy) is 1. The van der Waals surface area contributed by atoms with Gasteiger partial charge in [-0.3, -0.25) is 0 Å². The van der Waals surface area contributed by atoms with Crippen LogP contribution in [0.1, 0.15) is 91.3 Å². The van der Waals surface area contributed by atoms with Crippen LogP contribution in [0, 0.1) is 5.92 Å². The summed E-state index contributed by atoms with van der Waals surface area (Å²) in [4.78, 5) is 11.3. The Labute approximate surface area is 208 Å². The molecule has 0 radical (unpaired) electrons. The van der Waals surface area contributed by atoms with Gasteiger partial charge in [0.05, 0.1) is 12.3 Å². The van der Waals surface area contributed by atoms with E-state index in [9.17, 15) is 0 Å². The summed E-state index contributed by atoms with van der Waals surface area (Å²) in [7, 11) is 0. The summed E-state index contributed by atoms with van der Waals surface area (Å²) in [6.45, 7) is 18.9. The number of nitrogens with one attached hydrogen (secondary N) is 1. The van der Waals surface area contributed by atoms with E-state index in [1.54, 1.807) is 0 Å². The lowest BCUT2D eigenvalue weighted by Crippen LogP contribution is -2.36. The van der Waals surface area contributed by atoms with Gasteiger partial charge in [-0.25, -0.2) is 9.97 Å². The Kier molecular flexibility index (Phi) is 15.8.